The molecular formula is C25H29N3O4S. The zero-order chi connectivity index (χ0) is 22.8. The van der Waals surface area contributed by atoms with Crippen LogP contribution >= 0.6 is 0 Å². The second kappa shape index (κ2) is 9.24. The normalized spacial score (nSPS) is 19.8. The molecule has 0 bridgehead atoms. The number of nitriles is 1. The van der Waals surface area contributed by atoms with Crippen LogP contribution in [0.4, 0.5) is 5.69 Å². The summed E-state index contributed by atoms with van der Waals surface area (Å²) in [5.41, 5.74) is 0.734. The van der Waals surface area contributed by atoms with Crippen LogP contribution in [-0.2, 0) is 9.84 Å². The van der Waals surface area contributed by atoms with Gasteiger partial charge in [0.25, 0.3) is 0 Å². The summed E-state index contributed by atoms with van der Waals surface area (Å²) < 4.78 is 36.8. The molecule has 1 saturated carbocycles. The quantitative estimate of drug-likeness (QED) is 0.478. The molecule has 2 aromatic rings. The van der Waals surface area contributed by atoms with Gasteiger partial charge in [-0.15, -0.1) is 0 Å². The van der Waals surface area contributed by atoms with Crippen molar-refractivity contribution in [3.8, 4) is 17.7 Å². The highest BCUT2D eigenvalue weighted by molar-refractivity contribution is 7.91. The summed E-state index contributed by atoms with van der Waals surface area (Å²) in [5, 5.41) is 9.86. The number of ether oxygens (including phenoxy) is 2. The van der Waals surface area contributed by atoms with Gasteiger partial charge < -0.3 is 14.4 Å². The van der Waals surface area contributed by atoms with Crippen molar-refractivity contribution in [2.45, 2.75) is 66.8 Å². The van der Waals surface area contributed by atoms with E-state index in [2.05, 4.69) is 11.1 Å². The van der Waals surface area contributed by atoms with Crippen molar-refractivity contribution in [1.82, 2.24) is 4.90 Å². The van der Waals surface area contributed by atoms with Gasteiger partial charge in [0.1, 0.15) is 0 Å². The molecule has 0 amide bonds. The lowest BCUT2D eigenvalue weighted by molar-refractivity contribution is 0.123. The Morgan fingerprint density at radius 2 is 1.55 bits per heavy atom. The van der Waals surface area contributed by atoms with Crippen molar-refractivity contribution >= 4 is 15.5 Å². The van der Waals surface area contributed by atoms with Crippen LogP contribution in [0.2, 0.25) is 0 Å². The molecule has 1 saturated heterocycles. The molecule has 7 nitrogen and oxygen atoms in total. The fraction of sp³-hybridized carbons (Fsp3) is 0.480. The van der Waals surface area contributed by atoms with Crippen molar-refractivity contribution in [2.24, 2.45) is 0 Å². The smallest absolute Gasteiger partial charge is 0.231 e. The van der Waals surface area contributed by atoms with Gasteiger partial charge in [0.2, 0.25) is 16.6 Å². The molecule has 174 valence electrons. The van der Waals surface area contributed by atoms with Crippen molar-refractivity contribution in [2.75, 3.05) is 24.8 Å². The first-order valence-corrected chi connectivity index (χ1v) is 13.2. The molecule has 0 N–H and O–H groups in total. The average molecular weight is 468 g/mol. The van der Waals surface area contributed by atoms with E-state index in [-0.39, 0.29) is 22.6 Å². The zero-order valence-electron chi connectivity index (χ0n) is 18.7. The summed E-state index contributed by atoms with van der Waals surface area (Å²) in [7, 11) is -3.70. The summed E-state index contributed by atoms with van der Waals surface area (Å²) in [5.74, 6) is 0.978. The van der Waals surface area contributed by atoms with Crippen molar-refractivity contribution in [1.29, 1.82) is 5.26 Å². The van der Waals surface area contributed by atoms with Gasteiger partial charge in [-0.3, -0.25) is 4.90 Å². The van der Waals surface area contributed by atoms with Gasteiger partial charge in [-0.25, -0.2) is 8.42 Å². The van der Waals surface area contributed by atoms with Gasteiger partial charge in [-0.1, -0.05) is 19.3 Å². The van der Waals surface area contributed by atoms with E-state index in [1.165, 1.54) is 44.2 Å². The average Bonchev–Trinajstić information content (AvgIpc) is 3.34. The van der Waals surface area contributed by atoms with Crippen LogP contribution in [0.15, 0.2) is 52.3 Å². The lowest BCUT2D eigenvalue weighted by Crippen LogP contribution is -2.47. The highest BCUT2D eigenvalue weighted by Gasteiger charge is 2.30. The molecule has 2 fully saturated rings. The van der Waals surface area contributed by atoms with E-state index in [1.807, 2.05) is 0 Å². The second-order valence-corrected chi connectivity index (χ2v) is 11.0. The summed E-state index contributed by atoms with van der Waals surface area (Å²) in [4.78, 5) is 4.70. The van der Waals surface area contributed by atoms with E-state index in [1.54, 1.807) is 35.2 Å². The Kier molecular flexibility index (Phi) is 6.17. The minimum absolute atomic E-state index is 0.0944. The first-order chi connectivity index (χ1) is 16.1. The van der Waals surface area contributed by atoms with Crippen molar-refractivity contribution in [3.63, 3.8) is 0 Å². The maximum Gasteiger partial charge on any atom is 0.231 e. The first kappa shape index (κ1) is 22.1. The number of piperidine rings is 1. The molecule has 1 aliphatic carbocycles. The Balaban J connectivity index is 1.28. The predicted octanol–water partition coefficient (Wildman–Crippen LogP) is 4.33. The third kappa shape index (κ3) is 4.40. The Morgan fingerprint density at radius 1 is 0.879 bits per heavy atom. The van der Waals surface area contributed by atoms with Crippen LogP contribution < -0.4 is 14.4 Å². The fourth-order valence-corrected chi connectivity index (χ4v) is 6.55. The fourth-order valence-electron chi connectivity index (χ4n) is 5.27. The van der Waals surface area contributed by atoms with Crippen LogP contribution in [0.1, 0.15) is 44.9 Å². The van der Waals surface area contributed by atoms with Crippen LogP contribution in [0.3, 0.4) is 0 Å². The van der Waals surface area contributed by atoms with Crippen molar-refractivity contribution in [3.05, 3.63) is 42.5 Å². The number of benzene rings is 2. The molecule has 3 aliphatic rings. The summed E-state index contributed by atoms with van der Waals surface area (Å²) >= 11 is 0. The molecule has 0 aromatic heterocycles. The molecule has 0 atom stereocenters. The molecule has 2 heterocycles. The van der Waals surface area contributed by atoms with Crippen LogP contribution in [0.5, 0.6) is 11.5 Å². The van der Waals surface area contributed by atoms with Gasteiger partial charge in [0, 0.05) is 31.2 Å². The van der Waals surface area contributed by atoms with Crippen LogP contribution in [-0.4, -0.2) is 45.3 Å². The zero-order valence-corrected chi connectivity index (χ0v) is 19.5. The largest absolute Gasteiger partial charge is 0.454 e. The molecule has 2 aromatic carbocycles. The third-order valence-electron chi connectivity index (χ3n) is 7.14. The molecule has 0 radical (unpaired) electrons. The number of likely N-dealkylation sites (tertiary alicyclic amines) is 1. The van der Waals surface area contributed by atoms with Crippen LogP contribution in [0, 0.1) is 11.5 Å². The van der Waals surface area contributed by atoms with E-state index in [0.29, 0.717) is 17.5 Å². The number of nitrogens with zero attached hydrogens (tertiary/aromatic N) is 3. The number of anilines is 1. The van der Waals surface area contributed by atoms with E-state index < -0.39 is 9.84 Å². The highest BCUT2D eigenvalue weighted by atomic mass is 32.2. The number of hydrogen-bond donors (Lipinski definition) is 0. The van der Waals surface area contributed by atoms with Crippen molar-refractivity contribution < 1.29 is 17.9 Å². The second-order valence-electron chi connectivity index (χ2n) is 9.04. The van der Waals surface area contributed by atoms with E-state index in [9.17, 15) is 13.7 Å². The molecular weight excluding hydrogens is 438 g/mol. The number of rotatable bonds is 5. The van der Waals surface area contributed by atoms with Gasteiger partial charge >= 0.3 is 0 Å². The van der Waals surface area contributed by atoms with Gasteiger partial charge in [0.15, 0.2) is 17.7 Å². The Bertz CT molecular complexity index is 1130. The molecule has 8 heteroatoms. The maximum absolute atomic E-state index is 13.1. The van der Waals surface area contributed by atoms with E-state index in [0.717, 1.165) is 31.6 Å². The molecule has 5 rings (SSSR count). The van der Waals surface area contributed by atoms with E-state index >= 15 is 0 Å². The lowest BCUT2D eigenvalue weighted by atomic mass is 9.92. The summed E-state index contributed by atoms with van der Waals surface area (Å²) in [6.07, 6.45) is 10.8. The lowest BCUT2D eigenvalue weighted by Gasteiger charge is -2.41. The third-order valence-corrected chi connectivity index (χ3v) is 8.91. The monoisotopic (exact) mass is 467 g/mol. The Morgan fingerprint density at radius 3 is 2.24 bits per heavy atom. The number of hydrogen-bond acceptors (Lipinski definition) is 7. The molecule has 33 heavy (non-hydrogen) atoms. The Labute approximate surface area is 195 Å². The maximum atomic E-state index is 13.1. The highest BCUT2D eigenvalue weighted by Crippen LogP contribution is 2.36. The minimum atomic E-state index is -3.70. The molecule has 2 aliphatic heterocycles. The Hall–Kier alpha value is -2.76. The first-order valence-electron chi connectivity index (χ1n) is 11.7. The van der Waals surface area contributed by atoms with Gasteiger partial charge in [0.05, 0.1) is 15.5 Å². The summed E-state index contributed by atoms with van der Waals surface area (Å²) in [6, 6.07) is 12.1. The number of sulfone groups is 1. The van der Waals surface area contributed by atoms with Gasteiger partial charge in [-0.05, 0) is 62.1 Å². The molecule has 0 unspecified atom stereocenters. The van der Waals surface area contributed by atoms with Gasteiger partial charge in [-0.2, -0.15) is 5.26 Å². The van der Waals surface area contributed by atoms with E-state index in [4.69, 9.17) is 9.47 Å². The number of fused-ring (bicyclic) bond motifs is 1. The summed E-state index contributed by atoms with van der Waals surface area (Å²) in [6.45, 7) is 2.13. The standard InChI is InChI=1S/C25H29N3O4S/c26-17-28(21-12-14-27(15-13-21)19-4-2-1-3-5-19)20-6-8-22(9-7-20)33(29,30)23-10-11-24-25(16-23)32-18-31-24/h6-11,16,19,21H,1-5,12-15,18H2. The SMILES string of the molecule is N#CN(c1ccc(S(=O)(=O)c2ccc3c(c2)OCO3)cc1)C1CCN(C2CCCCC2)CC1. The molecule has 0 spiro atoms. The predicted molar refractivity (Wildman–Crippen MR) is 124 cm³/mol. The minimum Gasteiger partial charge on any atom is -0.454 e. The van der Waals surface area contributed by atoms with Crippen LogP contribution in [0.25, 0.3) is 0 Å². The topological polar surface area (TPSA) is 82.9 Å².